The van der Waals surface area contributed by atoms with Crippen molar-refractivity contribution in [3.8, 4) is 0 Å². The van der Waals surface area contributed by atoms with Crippen molar-refractivity contribution >= 4 is 18.3 Å². The fourth-order valence-electron chi connectivity index (χ4n) is 3.01. The van der Waals surface area contributed by atoms with Crippen LogP contribution < -0.4 is 11.1 Å². The second kappa shape index (κ2) is 5.15. The smallest absolute Gasteiger partial charge is 0.224 e. The van der Waals surface area contributed by atoms with Crippen molar-refractivity contribution in [2.24, 2.45) is 29.4 Å². The number of hydrogen-bond donors (Lipinski definition) is 2. The van der Waals surface area contributed by atoms with Gasteiger partial charge < -0.3 is 11.1 Å². The van der Waals surface area contributed by atoms with E-state index in [2.05, 4.69) is 19.2 Å². The topological polar surface area (TPSA) is 55.1 Å². The zero-order valence-corrected chi connectivity index (χ0v) is 11.8. The van der Waals surface area contributed by atoms with E-state index in [1.165, 1.54) is 19.3 Å². The summed E-state index contributed by atoms with van der Waals surface area (Å²) in [5.41, 5.74) is 5.54. The lowest BCUT2D eigenvalue weighted by molar-refractivity contribution is -0.125. The maximum atomic E-state index is 12.1. The lowest BCUT2D eigenvalue weighted by atomic mass is 9.88. The molecule has 0 aromatic heterocycles. The van der Waals surface area contributed by atoms with Gasteiger partial charge in [-0.15, -0.1) is 12.4 Å². The van der Waals surface area contributed by atoms with Crippen molar-refractivity contribution in [1.82, 2.24) is 5.32 Å². The van der Waals surface area contributed by atoms with Crippen LogP contribution in [0.4, 0.5) is 0 Å². The Labute approximate surface area is 110 Å². The molecular formula is C13H25ClN2O. The predicted molar refractivity (Wildman–Crippen MR) is 72.0 cm³/mol. The fourth-order valence-corrected chi connectivity index (χ4v) is 3.01. The SMILES string of the molecule is CC(C)C(C)(CN)NC(=O)C1C2CCCC21.Cl. The highest BCUT2D eigenvalue weighted by Crippen LogP contribution is 2.57. The van der Waals surface area contributed by atoms with E-state index in [0.29, 0.717) is 30.2 Å². The first-order valence-electron chi connectivity index (χ1n) is 6.51. The lowest BCUT2D eigenvalue weighted by Gasteiger charge is -2.33. The van der Waals surface area contributed by atoms with Crippen molar-refractivity contribution in [2.45, 2.75) is 45.6 Å². The molecule has 1 amide bonds. The average molecular weight is 261 g/mol. The number of nitrogens with one attached hydrogen (secondary N) is 1. The van der Waals surface area contributed by atoms with Crippen LogP contribution in [-0.2, 0) is 4.79 Å². The van der Waals surface area contributed by atoms with Gasteiger partial charge in [-0.2, -0.15) is 0 Å². The molecule has 0 aliphatic heterocycles. The van der Waals surface area contributed by atoms with Gasteiger partial charge in [0.1, 0.15) is 0 Å². The summed E-state index contributed by atoms with van der Waals surface area (Å²) in [7, 11) is 0. The largest absolute Gasteiger partial charge is 0.349 e. The third-order valence-electron chi connectivity index (χ3n) is 4.82. The van der Waals surface area contributed by atoms with Gasteiger partial charge >= 0.3 is 0 Å². The van der Waals surface area contributed by atoms with E-state index in [1.807, 2.05) is 6.92 Å². The van der Waals surface area contributed by atoms with Gasteiger partial charge in [0.05, 0.1) is 5.54 Å². The number of carbonyl (C=O) groups excluding carboxylic acids is 1. The molecule has 0 spiro atoms. The Morgan fingerprint density at radius 2 is 1.94 bits per heavy atom. The van der Waals surface area contributed by atoms with Crippen LogP contribution in [0.1, 0.15) is 40.0 Å². The third kappa shape index (κ3) is 2.60. The number of fused-ring (bicyclic) bond motifs is 1. The van der Waals surface area contributed by atoms with Crippen LogP contribution in [0.15, 0.2) is 0 Å². The van der Waals surface area contributed by atoms with Gasteiger partial charge in [-0.05, 0) is 37.5 Å². The molecule has 0 saturated heterocycles. The maximum Gasteiger partial charge on any atom is 0.224 e. The van der Waals surface area contributed by atoms with E-state index in [1.54, 1.807) is 0 Å². The Bertz CT molecular complexity index is 285. The van der Waals surface area contributed by atoms with Gasteiger partial charge in [-0.25, -0.2) is 0 Å². The first-order valence-corrected chi connectivity index (χ1v) is 6.51. The van der Waals surface area contributed by atoms with E-state index < -0.39 is 0 Å². The minimum absolute atomic E-state index is 0. The monoisotopic (exact) mass is 260 g/mol. The number of halogens is 1. The summed E-state index contributed by atoms with van der Waals surface area (Å²) in [6.45, 7) is 6.79. The van der Waals surface area contributed by atoms with E-state index in [-0.39, 0.29) is 23.9 Å². The van der Waals surface area contributed by atoms with Crippen LogP contribution in [0.5, 0.6) is 0 Å². The number of amides is 1. The molecule has 2 rings (SSSR count). The first kappa shape index (κ1) is 14.8. The van der Waals surface area contributed by atoms with Crippen molar-refractivity contribution in [3.63, 3.8) is 0 Å². The van der Waals surface area contributed by atoms with Crippen molar-refractivity contribution in [2.75, 3.05) is 6.54 Å². The van der Waals surface area contributed by atoms with E-state index in [4.69, 9.17) is 5.73 Å². The maximum absolute atomic E-state index is 12.1. The Kier molecular flexibility index (Phi) is 4.48. The Morgan fingerprint density at radius 3 is 2.35 bits per heavy atom. The van der Waals surface area contributed by atoms with Crippen molar-refractivity contribution < 1.29 is 4.79 Å². The molecule has 100 valence electrons. The fraction of sp³-hybridized carbons (Fsp3) is 0.923. The molecule has 3 nitrogen and oxygen atoms in total. The number of rotatable bonds is 4. The predicted octanol–water partition coefficient (Wildman–Crippen LogP) is 1.94. The lowest BCUT2D eigenvalue weighted by Crippen LogP contribution is -2.55. The van der Waals surface area contributed by atoms with Gasteiger partial charge in [0.2, 0.25) is 5.91 Å². The third-order valence-corrected chi connectivity index (χ3v) is 4.82. The molecule has 17 heavy (non-hydrogen) atoms. The molecule has 3 atom stereocenters. The van der Waals surface area contributed by atoms with Crippen LogP contribution in [0.2, 0.25) is 0 Å². The number of nitrogens with two attached hydrogens (primary N) is 1. The van der Waals surface area contributed by atoms with Crippen LogP contribution in [-0.4, -0.2) is 18.0 Å². The van der Waals surface area contributed by atoms with Crippen molar-refractivity contribution in [3.05, 3.63) is 0 Å². The van der Waals surface area contributed by atoms with E-state index >= 15 is 0 Å². The zero-order valence-electron chi connectivity index (χ0n) is 11.0. The summed E-state index contributed by atoms with van der Waals surface area (Å²) < 4.78 is 0. The molecule has 2 saturated carbocycles. The molecule has 3 unspecified atom stereocenters. The number of carbonyl (C=O) groups is 1. The van der Waals surface area contributed by atoms with Crippen LogP contribution in [0.3, 0.4) is 0 Å². The molecule has 2 aliphatic rings. The Balaban J connectivity index is 0.00000144. The van der Waals surface area contributed by atoms with Gasteiger partial charge in [0.25, 0.3) is 0 Å². The highest BCUT2D eigenvalue weighted by Gasteiger charge is 2.57. The van der Waals surface area contributed by atoms with Gasteiger partial charge in [0.15, 0.2) is 0 Å². The molecule has 3 N–H and O–H groups in total. The molecule has 2 aliphatic carbocycles. The highest BCUT2D eigenvalue weighted by atomic mass is 35.5. The van der Waals surface area contributed by atoms with Crippen LogP contribution in [0.25, 0.3) is 0 Å². The molecule has 2 fully saturated rings. The van der Waals surface area contributed by atoms with Gasteiger partial charge in [-0.3, -0.25) is 4.79 Å². The second-order valence-corrected chi connectivity index (χ2v) is 6.05. The van der Waals surface area contributed by atoms with E-state index in [0.717, 1.165) is 0 Å². The molecule has 0 aromatic carbocycles. The quantitative estimate of drug-likeness (QED) is 0.812. The van der Waals surface area contributed by atoms with Crippen LogP contribution in [0, 0.1) is 23.7 Å². The van der Waals surface area contributed by atoms with Gasteiger partial charge in [0, 0.05) is 12.5 Å². The summed E-state index contributed by atoms with van der Waals surface area (Å²) in [5, 5.41) is 3.17. The highest BCUT2D eigenvalue weighted by molar-refractivity contribution is 5.85. The molecular weight excluding hydrogens is 236 g/mol. The van der Waals surface area contributed by atoms with Crippen molar-refractivity contribution in [1.29, 1.82) is 0 Å². The minimum Gasteiger partial charge on any atom is -0.349 e. The normalized spacial score (nSPS) is 33.6. The average Bonchev–Trinajstić information content (AvgIpc) is 2.73. The Morgan fingerprint density at radius 1 is 1.41 bits per heavy atom. The summed E-state index contributed by atoms with van der Waals surface area (Å²) in [4.78, 5) is 12.1. The molecule has 4 heteroatoms. The molecule has 0 bridgehead atoms. The van der Waals surface area contributed by atoms with E-state index in [9.17, 15) is 4.79 Å². The second-order valence-electron chi connectivity index (χ2n) is 6.05. The minimum atomic E-state index is -0.242. The van der Waals surface area contributed by atoms with Gasteiger partial charge in [-0.1, -0.05) is 20.3 Å². The Hall–Kier alpha value is -0.280. The zero-order chi connectivity index (χ0) is 11.9. The molecule has 0 radical (unpaired) electrons. The summed E-state index contributed by atoms with van der Waals surface area (Å²) in [6.07, 6.45) is 3.82. The molecule has 0 aromatic rings. The summed E-state index contributed by atoms with van der Waals surface area (Å²) in [5.74, 6) is 2.30. The first-order chi connectivity index (χ1) is 7.49. The number of hydrogen-bond acceptors (Lipinski definition) is 2. The summed E-state index contributed by atoms with van der Waals surface area (Å²) in [6, 6.07) is 0. The van der Waals surface area contributed by atoms with Crippen LogP contribution >= 0.6 is 12.4 Å². The molecule has 0 heterocycles. The standard InChI is InChI=1S/C13H24N2O.ClH/c1-8(2)13(3,7-14)15-12(16)11-9-5-4-6-10(9)11;/h8-11H,4-7,14H2,1-3H3,(H,15,16);1H. The summed E-state index contributed by atoms with van der Waals surface area (Å²) >= 11 is 0.